The molecule has 2 rings (SSSR count). The van der Waals surface area contributed by atoms with Gasteiger partial charge < -0.3 is 5.32 Å². The molecule has 0 saturated heterocycles. The van der Waals surface area contributed by atoms with Crippen molar-refractivity contribution in [2.24, 2.45) is 5.92 Å². The molecule has 0 saturated carbocycles. The molecule has 4 nitrogen and oxygen atoms in total. The SMILES string of the molecule is CC(C)C(Sc1ncccc1Br)C(=O)NCc1cccnc1. The first kappa shape index (κ1) is 17.0. The molecular formula is C16H18BrN3OS. The molecule has 0 bridgehead atoms. The Kier molecular flexibility index (Phi) is 6.39. The van der Waals surface area contributed by atoms with E-state index < -0.39 is 0 Å². The van der Waals surface area contributed by atoms with Gasteiger partial charge in [0.25, 0.3) is 0 Å². The minimum absolute atomic E-state index is 0.0152. The largest absolute Gasteiger partial charge is 0.351 e. The molecule has 0 fully saturated rings. The van der Waals surface area contributed by atoms with Crippen molar-refractivity contribution in [2.45, 2.75) is 30.7 Å². The molecule has 0 spiro atoms. The highest BCUT2D eigenvalue weighted by molar-refractivity contribution is 9.10. The predicted octanol–water partition coefficient (Wildman–Crippen LogP) is 3.67. The van der Waals surface area contributed by atoms with Gasteiger partial charge in [0.05, 0.1) is 5.25 Å². The van der Waals surface area contributed by atoms with Gasteiger partial charge in [-0.05, 0) is 45.6 Å². The lowest BCUT2D eigenvalue weighted by Gasteiger charge is -2.19. The Bertz CT molecular complexity index is 622. The number of thioether (sulfide) groups is 1. The zero-order valence-corrected chi connectivity index (χ0v) is 14.9. The van der Waals surface area contributed by atoms with Gasteiger partial charge >= 0.3 is 0 Å². The second kappa shape index (κ2) is 8.29. The molecule has 1 atom stereocenters. The van der Waals surface area contributed by atoms with E-state index >= 15 is 0 Å². The Morgan fingerprint density at radius 2 is 2.09 bits per heavy atom. The van der Waals surface area contributed by atoms with Crippen LogP contribution >= 0.6 is 27.7 Å². The Labute approximate surface area is 143 Å². The van der Waals surface area contributed by atoms with E-state index in [-0.39, 0.29) is 17.1 Å². The van der Waals surface area contributed by atoms with E-state index in [9.17, 15) is 4.79 Å². The van der Waals surface area contributed by atoms with Gasteiger partial charge in [0, 0.05) is 29.6 Å². The van der Waals surface area contributed by atoms with Crippen LogP contribution in [-0.4, -0.2) is 21.1 Å². The number of aromatic nitrogens is 2. The average Bonchev–Trinajstić information content (AvgIpc) is 2.52. The van der Waals surface area contributed by atoms with E-state index in [4.69, 9.17) is 0 Å². The summed E-state index contributed by atoms with van der Waals surface area (Å²) in [7, 11) is 0. The first-order valence-corrected chi connectivity index (χ1v) is 8.69. The summed E-state index contributed by atoms with van der Waals surface area (Å²) in [5.74, 6) is 0.217. The Morgan fingerprint density at radius 1 is 1.32 bits per heavy atom. The van der Waals surface area contributed by atoms with Gasteiger partial charge in [-0.2, -0.15) is 0 Å². The lowest BCUT2D eigenvalue weighted by atomic mass is 10.1. The number of pyridine rings is 2. The summed E-state index contributed by atoms with van der Waals surface area (Å²) >= 11 is 4.96. The van der Waals surface area contributed by atoms with Crippen LogP contribution in [0.5, 0.6) is 0 Å². The van der Waals surface area contributed by atoms with Gasteiger partial charge in [-0.1, -0.05) is 31.7 Å². The van der Waals surface area contributed by atoms with Gasteiger partial charge in [0.1, 0.15) is 5.03 Å². The maximum absolute atomic E-state index is 12.5. The molecule has 2 aromatic heterocycles. The first-order chi connectivity index (χ1) is 10.6. The van der Waals surface area contributed by atoms with Crippen molar-refractivity contribution < 1.29 is 4.79 Å². The molecule has 6 heteroatoms. The van der Waals surface area contributed by atoms with Crippen LogP contribution in [0.2, 0.25) is 0 Å². The third kappa shape index (κ3) is 4.81. The lowest BCUT2D eigenvalue weighted by molar-refractivity contribution is -0.121. The van der Waals surface area contributed by atoms with Crippen molar-refractivity contribution in [3.8, 4) is 0 Å². The summed E-state index contributed by atoms with van der Waals surface area (Å²) < 4.78 is 0.908. The minimum atomic E-state index is -0.192. The van der Waals surface area contributed by atoms with Crippen LogP contribution in [0.15, 0.2) is 52.4 Å². The van der Waals surface area contributed by atoms with Crippen LogP contribution in [0.3, 0.4) is 0 Å². The number of amides is 1. The smallest absolute Gasteiger partial charge is 0.234 e. The fourth-order valence-corrected chi connectivity index (χ4v) is 3.40. The second-order valence-electron chi connectivity index (χ2n) is 5.15. The molecule has 0 radical (unpaired) electrons. The van der Waals surface area contributed by atoms with E-state index in [0.717, 1.165) is 15.1 Å². The van der Waals surface area contributed by atoms with Crippen molar-refractivity contribution in [3.63, 3.8) is 0 Å². The summed E-state index contributed by atoms with van der Waals surface area (Å²) in [6.07, 6.45) is 5.21. The summed E-state index contributed by atoms with van der Waals surface area (Å²) in [6, 6.07) is 7.60. The Balaban J connectivity index is 2.01. The summed E-state index contributed by atoms with van der Waals surface area (Å²) in [6.45, 7) is 4.57. The number of carbonyl (C=O) groups excluding carboxylic acids is 1. The zero-order chi connectivity index (χ0) is 15.9. The van der Waals surface area contributed by atoms with Crippen LogP contribution in [-0.2, 0) is 11.3 Å². The molecule has 22 heavy (non-hydrogen) atoms. The van der Waals surface area contributed by atoms with Crippen LogP contribution in [0.4, 0.5) is 0 Å². The lowest BCUT2D eigenvalue weighted by Crippen LogP contribution is -2.35. The van der Waals surface area contributed by atoms with E-state index in [0.29, 0.717) is 6.54 Å². The molecule has 1 unspecified atom stereocenters. The van der Waals surface area contributed by atoms with Gasteiger partial charge in [-0.15, -0.1) is 0 Å². The predicted molar refractivity (Wildman–Crippen MR) is 92.5 cm³/mol. The molecule has 1 N–H and O–H groups in total. The summed E-state index contributed by atoms with van der Waals surface area (Å²) in [5.41, 5.74) is 0.988. The fraction of sp³-hybridized carbons (Fsp3) is 0.312. The standard InChI is InChI=1S/C16H18BrN3OS/c1-11(2)14(22-16-13(17)6-4-8-19-16)15(21)20-10-12-5-3-7-18-9-12/h3-9,11,14H,10H2,1-2H3,(H,20,21). The van der Waals surface area contributed by atoms with E-state index in [1.807, 2.05) is 38.1 Å². The maximum atomic E-state index is 12.5. The van der Waals surface area contributed by atoms with Crippen molar-refractivity contribution in [3.05, 3.63) is 52.9 Å². The number of halogens is 1. The third-order valence-electron chi connectivity index (χ3n) is 3.02. The van der Waals surface area contributed by atoms with Gasteiger partial charge in [0.15, 0.2) is 0 Å². The van der Waals surface area contributed by atoms with Gasteiger partial charge in [0.2, 0.25) is 5.91 Å². The molecular weight excluding hydrogens is 362 g/mol. The normalized spacial score (nSPS) is 12.2. The van der Waals surface area contributed by atoms with E-state index in [2.05, 4.69) is 31.2 Å². The highest BCUT2D eigenvalue weighted by atomic mass is 79.9. The highest BCUT2D eigenvalue weighted by Gasteiger charge is 2.24. The number of nitrogens with zero attached hydrogens (tertiary/aromatic N) is 2. The van der Waals surface area contributed by atoms with E-state index in [1.54, 1.807) is 18.6 Å². The van der Waals surface area contributed by atoms with Crippen LogP contribution in [0.25, 0.3) is 0 Å². The highest BCUT2D eigenvalue weighted by Crippen LogP contribution is 2.31. The quantitative estimate of drug-likeness (QED) is 0.777. The van der Waals surface area contributed by atoms with Crippen molar-refractivity contribution >= 4 is 33.6 Å². The monoisotopic (exact) mass is 379 g/mol. The van der Waals surface area contributed by atoms with Crippen molar-refractivity contribution in [1.29, 1.82) is 0 Å². The average molecular weight is 380 g/mol. The third-order valence-corrected chi connectivity index (χ3v) is 5.48. The van der Waals surface area contributed by atoms with Crippen LogP contribution < -0.4 is 5.32 Å². The molecule has 0 aliphatic heterocycles. The van der Waals surface area contributed by atoms with Crippen molar-refractivity contribution in [1.82, 2.24) is 15.3 Å². The van der Waals surface area contributed by atoms with Gasteiger partial charge in [-0.25, -0.2) is 4.98 Å². The first-order valence-electron chi connectivity index (χ1n) is 7.01. The summed E-state index contributed by atoms with van der Waals surface area (Å²) in [4.78, 5) is 20.9. The Morgan fingerprint density at radius 3 is 2.73 bits per heavy atom. The maximum Gasteiger partial charge on any atom is 0.234 e. The molecule has 2 heterocycles. The number of rotatable bonds is 6. The van der Waals surface area contributed by atoms with Crippen LogP contribution in [0, 0.1) is 5.92 Å². The Hall–Kier alpha value is -1.40. The zero-order valence-electron chi connectivity index (χ0n) is 12.5. The van der Waals surface area contributed by atoms with Gasteiger partial charge in [-0.3, -0.25) is 9.78 Å². The number of nitrogens with one attached hydrogen (secondary N) is 1. The van der Waals surface area contributed by atoms with Crippen molar-refractivity contribution in [2.75, 3.05) is 0 Å². The molecule has 0 aliphatic rings. The number of hydrogen-bond acceptors (Lipinski definition) is 4. The number of carbonyl (C=O) groups is 1. The summed E-state index contributed by atoms with van der Waals surface area (Å²) in [5, 5.41) is 3.62. The molecule has 1 amide bonds. The topological polar surface area (TPSA) is 54.9 Å². The molecule has 0 aliphatic carbocycles. The molecule has 116 valence electrons. The molecule has 0 aromatic carbocycles. The molecule has 2 aromatic rings. The van der Waals surface area contributed by atoms with E-state index in [1.165, 1.54) is 11.8 Å². The number of hydrogen-bond donors (Lipinski definition) is 1. The fourth-order valence-electron chi connectivity index (χ4n) is 1.86. The second-order valence-corrected chi connectivity index (χ2v) is 7.14. The van der Waals surface area contributed by atoms with Crippen LogP contribution in [0.1, 0.15) is 19.4 Å². The minimum Gasteiger partial charge on any atom is -0.351 e.